The molecule has 1 atom stereocenters. The van der Waals surface area contributed by atoms with Crippen LogP contribution in [0.2, 0.25) is 0 Å². The van der Waals surface area contributed by atoms with Gasteiger partial charge in [-0.3, -0.25) is 9.69 Å². The molecule has 0 fully saturated rings. The second-order valence-corrected chi connectivity index (χ2v) is 8.11. The summed E-state index contributed by atoms with van der Waals surface area (Å²) in [6.45, 7) is 12.1. The van der Waals surface area contributed by atoms with E-state index in [1.807, 2.05) is 31.2 Å². The van der Waals surface area contributed by atoms with Gasteiger partial charge in [-0.05, 0) is 51.3 Å². The van der Waals surface area contributed by atoms with E-state index in [2.05, 4.69) is 55.8 Å². The standard InChI is InChI=1S/C24H26N2O2/c1-14(2)24(19-12-15(3)11-16(4)13-19)22(18(6)27)17(5)25-23-26(24)20-9-7-8-10-21(20)28-23/h7-14H,1-6H3. The number of aryl methyl sites for hydroxylation is 2. The van der Waals surface area contributed by atoms with Gasteiger partial charge in [-0.15, -0.1) is 0 Å². The highest BCUT2D eigenvalue weighted by atomic mass is 16.5. The number of nitrogens with zero attached hydrogens (tertiary/aromatic N) is 2. The lowest BCUT2D eigenvalue weighted by atomic mass is 9.69. The number of Topliss-reactive ketones (excluding diaryl/α,β-unsaturated/α-hetero) is 1. The Kier molecular flexibility index (Phi) is 4.18. The van der Waals surface area contributed by atoms with Crippen molar-refractivity contribution in [1.29, 1.82) is 0 Å². The predicted octanol–water partition coefficient (Wildman–Crippen LogP) is 5.29. The number of carbonyl (C=O) groups is 1. The molecule has 4 heteroatoms. The number of hydrogen-bond acceptors (Lipinski definition) is 4. The summed E-state index contributed by atoms with van der Waals surface area (Å²) in [5.74, 6) is 0.911. The van der Waals surface area contributed by atoms with Gasteiger partial charge in [0.1, 0.15) is 5.54 Å². The average Bonchev–Trinajstić information content (AvgIpc) is 2.97. The summed E-state index contributed by atoms with van der Waals surface area (Å²) in [7, 11) is 0. The molecule has 28 heavy (non-hydrogen) atoms. The number of fused-ring (bicyclic) bond motifs is 3. The fourth-order valence-corrected chi connectivity index (χ4v) is 4.85. The van der Waals surface area contributed by atoms with E-state index in [1.54, 1.807) is 6.92 Å². The number of aliphatic imine (C=N–C) groups is 1. The molecule has 4 rings (SSSR count). The highest BCUT2D eigenvalue weighted by Gasteiger charge is 2.55. The molecule has 0 saturated carbocycles. The number of ketones is 1. The largest absolute Gasteiger partial charge is 0.423 e. The Morgan fingerprint density at radius 2 is 1.71 bits per heavy atom. The summed E-state index contributed by atoms with van der Waals surface area (Å²) in [4.78, 5) is 19.8. The molecule has 0 aliphatic carbocycles. The van der Waals surface area contributed by atoms with Gasteiger partial charge in [0, 0.05) is 5.57 Å². The first-order valence-electron chi connectivity index (χ1n) is 9.73. The number of anilines is 1. The summed E-state index contributed by atoms with van der Waals surface area (Å²) < 4.78 is 6.13. The topological polar surface area (TPSA) is 41.9 Å². The van der Waals surface area contributed by atoms with Crippen LogP contribution in [0.1, 0.15) is 44.4 Å². The van der Waals surface area contributed by atoms with E-state index in [1.165, 1.54) is 11.1 Å². The normalized spacial score (nSPS) is 20.7. The molecule has 0 aromatic heterocycles. The summed E-state index contributed by atoms with van der Waals surface area (Å²) in [6.07, 6.45) is 0. The molecule has 4 nitrogen and oxygen atoms in total. The molecule has 0 bridgehead atoms. The first kappa shape index (κ1) is 18.5. The highest BCUT2D eigenvalue weighted by molar-refractivity contribution is 6.09. The first-order valence-corrected chi connectivity index (χ1v) is 9.73. The molecule has 2 heterocycles. The lowest BCUT2D eigenvalue weighted by molar-refractivity contribution is -0.114. The minimum atomic E-state index is -0.684. The Morgan fingerprint density at radius 1 is 1.07 bits per heavy atom. The fraction of sp³-hybridized carbons (Fsp3) is 0.333. The third-order valence-electron chi connectivity index (χ3n) is 5.71. The quantitative estimate of drug-likeness (QED) is 0.733. The SMILES string of the molecule is CC(=O)C1=C(C)N=C2Oc3ccccc3N2C1(c1cc(C)cc(C)c1)C(C)C. The fourth-order valence-electron chi connectivity index (χ4n) is 4.85. The molecule has 0 amide bonds. The zero-order chi connectivity index (χ0) is 20.2. The Bertz CT molecular complexity index is 1030. The van der Waals surface area contributed by atoms with Crippen LogP contribution in [0.25, 0.3) is 0 Å². The Morgan fingerprint density at radius 3 is 2.32 bits per heavy atom. The van der Waals surface area contributed by atoms with Crippen molar-refractivity contribution in [3.63, 3.8) is 0 Å². The van der Waals surface area contributed by atoms with Crippen molar-refractivity contribution >= 4 is 17.5 Å². The molecule has 2 aliphatic heterocycles. The molecule has 0 saturated heterocycles. The van der Waals surface area contributed by atoms with Gasteiger partial charge in [0.2, 0.25) is 0 Å². The van der Waals surface area contributed by atoms with E-state index < -0.39 is 5.54 Å². The van der Waals surface area contributed by atoms with E-state index in [0.717, 1.165) is 28.3 Å². The van der Waals surface area contributed by atoms with Crippen molar-refractivity contribution in [3.05, 3.63) is 70.4 Å². The molecule has 144 valence electrons. The van der Waals surface area contributed by atoms with Crippen LogP contribution in [-0.2, 0) is 10.3 Å². The maximum atomic E-state index is 13.0. The number of para-hydroxylation sites is 2. The molecule has 2 aromatic rings. The predicted molar refractivity (Wildman–Crippen MR) is 113 cm³/mol. The van der Waals surface area contributed by atoms with Crippen LogP contribution in [-0.4, -0.2) is 11.8 Å². The van der Waals surface area contributed by atoms with Gasteiger partial charge in [-0.1, -0.05) is 55.3 Å². The van der Waals surface area contributed by atoms with Gasteiger partial charge < -0.3 is 4.74 Å². The van der Waals surface area contributed by atoms with E-state index in [4.69, 9.17) is 4.74 Å². The summed E-state index contributed by atoms with van der Waals surface area (Å²) in [5.41, 5.74) is 5.16. The second kappa shape index (κ2) is 6.33. The monoisotopic (exact) mass is 374 g/mol. The van der Waals surface area contributed by atoms with E-state index in [-0.39, 0.29) is 11.7 Å². The van der Waals surface area contributed by atoms with Crippen molar-refractivity contribution in [1.82, 2.24) is 0 Å². The third kappa shape index (κ3) is 2.44. The van der Waals surface area contributed by atoms with Crippen LogP contribution in [0.3, 0.4) is 0 Å². The minimum Gasteiger partial charge on any atom is -0.423 e. The molecular formula is C24H26N2O2. The van der Waals surface area contributed by atoms with Crippen molar-refractivity contribution in [2.75, 3.05) is 4.90 Å². The lowest BCUT2D eigenvalue weighted by Crippen LogP contribution is -2.57. The van der Waals surface area contributed by atoms with Gasteiger partial charge in [0.15, 0.2) is 11.5 Å². The zero-order valence-electron chi connectivity index (χ0n) is 17.3. The van der Waals surface area contributed by atoms with Gasteiger partial charge in [0.05, 0.1) is 11.4 Å². The second-order valence-electron chi connectivity index (χ2n) is 8.11. The summed E-state index contributed by atoms with van der Waals surface area (Å²) in [5, 5.41) is 0. The third-order valence-corrected chi connectivity index (χ3v) is 5.71. The number of carbonyl (C=O) groups excluding carboxylic acids is 1. The van der Waals surface area contributed by atoms with Gasteiger partial charge >= 0.3 is 6.02 Å². The van der Waals surface area contributed by atoms with Crippen LogP contribution in [0.15, 0.2) is 58.7 Å². The van der Waals surface area contributed by atoms with Crippen molar-refractivity contribution < 1.29 is 9.53 Å². The number of ether oxygens (including phenoxy) is 1. The first-order chi connectivity index (χ1) is 13.3. The maximum Gasteiger partial charge on any atom is 0.303 e. The van der Waals surface area contributed by atoms with E-state index in [9.17, 15) is 4.79 Å². The Hall–Kier alpha value is -2.88. The summed E-state index contributed by atoms with van der Waals surface area (Å²) >= 11 is 0. The van der Waals surface area contributed by atoms with Gasteiger partial charge in [-0.2, -0.15) is 0 Å². The lowest BCUT2D eigenvalue weighted by Gasteiger charge is -2.48. The van der Waals surface area contributed by atoms with Gasteiger partial charge in [-0.25, -0.2) is 4.99 Å². The molecule has 0 radical (unpaired) electrons. The van der Waals surface area contributed by atoms with Gasteiger partial charge in [0.25, 0.3) is 0 Å². The Labute approximate surface area is 166 Å². The number of hydrogen-bond donors (Lipinski definition) is 0. The molecule has 1 unspecified atom stereocenters. The van der Waals surface area contributed by atoms with Crippen LogP contribution in [0.5, 0.6) is 5.75 Å². The van der Waals surface area contributed by atoms with Crippen molar-refractivity contribution in [3.8, 4) is 5.75 Å². The molecular weight excluding hydrogens is 348 g/mol. The van der Waals surface area contributed by atoms with E-state index in [0.29, 0.717) is 6.02 Å². The average molecular weight is 374 g/mol. The van der Waals surface area contributed by atoms with Crippen LogP contribution in [0, 0.1) is 19.8 Å². The number of amidine groups is 1. The number of allylic oxidation sites excluding steroid dienone is 1. The van der Waals surface area contributed by atoms with Crippen LogP contribution < -0.4 is 9.64 Å². The van der Waals surface area contributed by atoms with Crippen molar-refractivity contribution in [2.45, 2.75) is 47.1 Å². The Balaban J connectivity index is 2.13. The van der Waals surface area contributed by atoms with Crippen LogP contribution >= 0.6 is 0 Å². The molecule has 2 aromatic carbocycles. The number of rotatable bonds is 3. The number of benzene rings is 2. The summed E-state index contributed by atoms with van der Waals surface area (Å²) in [6, 6.07) is 15.0. The smallest absolute Gasteiger partial charge is 0.303 e. The molecule has 0 N–H and O–H groups in total. The molecule has 2 aliphatic rings. The van der Waals surface area contributed by atoms with E-state index >= 15 is 0 Å². The van der Waals surface area contributed by atoms with Crippen LogP contribution in [0.4, 0.5) is 5.69 Å². The minimum absolute atomic E-state index is 0.0394. The van der Waals surface area contributed by atoms with Crippen molar-refractivity contribution in [2.24, 2.45) is 10.9 Å². The highest BCUT2D eigenvalue weighted by Crippen LogP contribution is 2.53. The zero-order valence-corrected chi connectivity index (χ0v) is 17.3. The molecule has 0 spiro atoms. The maximum absolute atomic E-state index is 13.0.